The number of para-hydroxylation sites is 1. The minimum Gasteiger partial charge on any atom is -0.484 e. The molecule has 0 spiro atoms. The molecule has 2 atom stereocenters. The normalized spacial score (nSPS) is 23.9. The van der Waals surface area contributed by atoms with Crippen LogP contribution in [0.5, 0.6) is 5.75 Å². The van der Waals surface area contributed by atoms with Crippen LogP contribution in [0.15, 0.2) is 24.3 Å². The summed E-state index contributed by atoms with van der Waals surface area (Å²) in [7, 11) is -0.376. The van der Waals surface area contributed by atoms with Gasteiger partial charge in [0.1, 0.15) is 5.75 Å². The van der Waals surface area contributed by atoms with Gasteiger partial charge in [-0.3, -0.25) is 4.79 Å². The summed E-state index contributed by atoms with van der Waals surface area (Å²) in [6.45, 7) is 3.35. The average Bonchev–Trinajstić information content (AvgIpc) is 2.93. The minimum atomic E-state index is -3.46. The lowest BCUT2D eigenvalue weighted by Gasteiger charge is -2.36. The molecule has 2 bridgehead atoms. The number of piperidine rings is 1. The Morgan fingerprint density at radius 3 is 2.62 bits per heavy atom. The van der Waals surface area contributed by atoms with Crippen molar-refractivity contribution in [3.63, 3.8) is 0 Å². The Morgan fingerprint density at radius 2 is 1.92 bits per heavy atom. The van der Waals surface area contributed by atoms with Crippen LogP contribution in [0.4, 0.5) is 0 Å². The van der Waals surface area contributed by atoms with Gasteiger partial charge in [-0.15, -0.1) is 0 Å². The molecule has 3 heterocycles. The molecule has 0 N–H and O–H groups in total. The summed E-state index contributed by atoms with van der Waals surface area (Å²) in [4.78, 5) is 14.6. The van der Waals surface area contributed by atoms with Gasteiger partial charge in [-0.2, -0.15) is 17.0 Å². The van der Waals surface area contributed by atoms with Crippen LogP contribution < -0.4 is 4.74 Å². The summed E-state index contributed by atoms with van der Waals surface area (Å²) in [5.74, 6) is 0.801. The van der Waals surface area contributed by atoms with Crippen molar-refractivity contribution in [2.24, 2.45) is 5.92 Å². The van der Waals surface area contributed by atoms with Crippen LogP contribution in [0.2, 0.25) is 0 Å². The van der Waals surface area contributed by atoms with Gasteiger partial charge < -0.3 is 9.64 Å². The largest absolute Gasteiger partial charge is 0.484 e. The molecule has 3 aliphatic rings. The van der Waals surface area contributed by atoms with Crippen molar-refractivity contribution in [1.82, 2.24) is 13.5 Å². The lowest BCUT2D eigenvalue weighted by atomic mass is 9.95. The van der Waals surface area contributed by atoms with Crippen molar-refractivity contribution in [3.8, 4) is 5.75 Å². The smallest absolute Gasteiger partial charge is 0.281 e. The van der Waals surface area contributed by atoms with E-state index in [1.54, 1.807) is 14.1 Å². The molecule has 0 aromatic heterocycles. The zero-order chi connectivity index (χ0) is 18.9. The zero-order valence-electron chi connectivity index (χ0n) is 15.6. The van der Waals surface area contributed by atoms with Gasteiger partial charge in [0, 0.05) is 39.8 Å². The molecule has 7 nitrogen and oxygen atoms in total. The molecule has 0 radical (unpaired) electrons. The summed E-state index contributed by atoms with van der Waals surface area (Å²) in [6.07, 6.45) is 1.78. The highest BCUT2D eigenvalue weighted by Crippen LogP contribution is 2.30. The summed E-state index contributed by atoms with van der Waals surface area (Å²) < 4.78 is 33.5. The molecule has 3 fully saturated rings. The molecule has 1 aromatic rings. The van der Waals surface area contributed by atoms with E-state index < -0.39 is 10.2 Å². The van der Waals surface area contributed by atoms with Crippen molar-refractivity contribution in [1.29, 1.82) is 0 Å². The standard InChI is InChI=1S/C18H27N3O4S/c1-14-6-4-5-7-17(14)25-13-18(22)21-11-15-8-9-16(21)12-20(10-15)26(23,24)19(2)3/h4-7,15-16H,8-13H2,1-3H3/t15-,16+/m0/s1. The highest BCUT2D eigenvalue weighted by molar-refractivity contribution is 7.86. The third-order valence-electron chi connectivity index (χ3n) is 5.23. The fraction of sp³-hybridized carbons (Fsp3) is 0.611. The second kappa shape index (κ2) is 7.54. The molecule has 3 aliphatic heterocycles. The summed E-state index contributed by atoms with van der Waals surface area (Å²) in [6, 6.07) is 7.51. The summed E-state index contributed by atoms with van der Waals surface area (Å²) in [5.41, 5.74) is 0.987. The number of fused-ring (bicyclic) bond motifs is 4. The van der Waals surface area contributed by atoms with Crippen LogP contribution in [0.25, 0.3) is 0 Å². The second-order valence-electron chi connectivity index (χ2n) is 7.30. The molecule has 1 aromatic carbocycles. The van der Waals surface area contributed by atoms with E-state index in [2.05, 4.69) is 0 Å². The van der Waals surface area contributed by atoms with Crippen LogP contribution in [0, 0.1) is 12.8 Å². The first-order valence-electron chi connectivity index (χ1n) is 8.94. The van der Waals surface area contributed by atoms with Crippen molar-refractivity contribution in [2.45, 2.75) is 25.8 Å². The van der Waals surface area contributed by atoms with E-state index in [4.69, 9.17) is 4.74 Å². The van der Waals surface area contributed by atoms with E-state index in [-0.39, 0.29) is 24.5 Å². The molecule has 26 heavy (non-hydrogen) atoms. The van der Waals surface area contributed by atoms with Crippen molar-refractivity contribution >= 4 is 16.1 Å². The zero-order valence-corrected chi connectivity index (χ0v) is 16.4. The van der Waals surface area contributed by atoms with Gasteiger partial charge in [-0.25, -0.2) is 0 Å². The number of carbonyl (C=O) groups excluding carboxylic acids is 1. The SMILES string of the molecule is Cc1ccccc1OCC(=O)N1C[C@H]2CC[C@@H]1CN(S(=O)(=O)N(C)C)C2. The first kappa shape index (κ1) is 19.1. The van der Waals surface area contributed by atoms with E-state index in [0.717, 1.165) is 18.4 Å². The van der Waals surface area contributed by atoms with Crippen LogP contribution in [-0.4, -0.2) is 74.2 Å². The third kappa shape index (κ3) is 3.87. The van der Waals surface area contributed by atoms with E-state index in [0.29, 0.717) is 25.4 Å². The van der Waals surface area contributed by atoms with Crippen molar-refractivity contribution in [2.75, 3.05) is 40.3 Å². The summed E-state index contributed by atoms with van der Waals surface area (Å²) >= 11 is 0. The highest BCUT2D eigenvalue weighted by atomic mass is 32.2. The number of carbonyl (C=O) groups is 1. The Kier molecular flexibility index (Phi) is 5.55. The van der Waals surface area contributed by atoms with Crippen LogP contribution in [0.1, 0.15) is 18.4 Å². The number of ether oxygens (including phenoxy) is 1. The number of rotatable bonds is 5. The maximum absolute atomic E-state index is 12.7. The molecule has 4 rings (SSSR count). The van der Waals surface area contributed by atoms with Crippen molar-refractivity contribution < 1.29 is 17.9 Å². The monoisotopic (exact) mass is 381 g/mol. The fourth-order valence-corrected chi connectivity index (χ4v) is 4.93. The minimum absolute atomic E-state index is 0.0193. The second-order valence-corrected chi connectivity index (χ2v) is 9.45. The molecule has 0 aliphatic carbocycles. The number of hydrogen-bond donors (Lipinski definition) is 0. The fourth-order valence-electron chi connectivity index (χ4n) is 3.70. The Morgan fingerprint density at radius 1 is 1.19 bits per heavy atom. The predicted molar refractivity (Wildman–Crippen MR) is 99.1 cm³/mol. The Labute approximate surface area is 155 Å². The van der Waals surface area contributed by atoms with E-state index in [1.807, 2.05) is 36.1 Å². The van der Waals surface area contributed by atoms with Crippen LogP contribution in [0.3, 0.4) is 0 Å². The molecule has 0 unspecified atom stereocenters. The molecule has 1 amide bonds. The lowest BCUT2D eigenvalue weighted by Crippen LogP contribution is -2.50. The molecule has 8 heteroatoms. The van der Waals surface area contributed by atoms with E-state index in [1.165, 1.54) is 8.61 Å². The Balaban J connectivity index is 1.68. The van der Waals surface area contributed by atoms with E-state index >= 15 is 0 Å². The van der Waals surface area contributed by atoms with Gasteiger partial charge in [-0.1, -0.05) is 18.2 Å². The molecular weight excluding hydrogens is 354 g/mol. The first-order valence-corrected chi connectivity index (χ1v) is 10.3. The Hall–Kier alpha value is -1.64. The Bertz CT molecular complexity index is 765. The third-order valence-corrected chi connectivity index (χ3v) is 7.11. The maximum atomic E-state index is 12.7. The summed E-state index contributed by atoms with van der Waals surface area (Å²) in [5, 5.41) is 0. The first-order chi connectivity index (χ1) is 12.3. The van der Waals surface area contributed by atoms with Crippen LogP contribution >= 0.6 is 0 Å². The lowest BCUT2D eigenvalue weighted by molar-refractivity contribution is -0.137. The number of hydrogen-bond acceptors (Lipinski definition) is 4. The molecule has 144 valence electrons. The molecule has 3 saturated heterocycles. The number of amides is 1. The van der Waals surface area contributed by atoms with Crippen molar-refractivity contribution in [3.05, 3.63) is 29.8 Å². The number of aryl methyl sites for hydroxylation is 1. The van der Waals surface area contributed by atoms with Gasteiger partial charge in [0.2, 0.25) is 0 Å². The number of benzene rings is 1. The van der Waals surface area contributed by atoms with Crippen LogP contribution in [-0.2, 0) is 15.0 Å². The van der Waals surface area contributed by atoms with Gasteiger partial charge >= 0.3 is 0 Å². The average molecular weight is 381 g/mol. The molecular formula is C18H27N3O4S. The van der Waals surface area contributed by atoms with Gasteiger partial charge in [0.15, 0.2) is 6.61 Å². The quantitative estimate of drug-likeness (QED) is 0.766. The number of nitrogens with zero attached hydrogens (tertiary/aromatic N) is 3. The maximum Gasteiger partial charge on any atom is 0.281 e. The van der Waals surface area contributed by atoms with Gasteiger partial charge in [0.25, 0.3) is 16.1 Å². The highest BCUT2D eigenvalue weighted by Gasteiger charge is 2.41. The predicted octanol–water partition coefficient (Wildman–Crippen LogP) is 1.10. The van der Waals surface area contributed by atoms with E-state index in [9.17, 15) is 13.2 Å². The topological polar surface area (TPSA) is 70.2 Å². The molecule has 0 saturated carbocycles. The van der Waals surface area contributed by atoms with Gasteiger partial charge in [-0.05, 0) is 37.3 Å². The van der Waals surface area contributed by atoms with Gasteiger partial charge in [0.05, 0.1) is 0 Å².